The zero-order chi connectivity index (χ0) is 9.40. The van der Waals surface area contributed by atoms with Gasteiger partial charge in [0.2, 0.25) is 0 Å². The molecule has 0 atom stereocenters. The molecule has 0 aliphatic carbocycles. The van der Waals surface area contributed by atoms with Crippen molar-refractivity contribution in [3.63, 3.8) is 0 Å². The molecule has 0 saturated heterocycles. The van der Waals surface area contributed by atoms with Crippen molar-refractivity contribution < 1.29 is 0 Å². The van der Waals surface area contributed by atoms with Gasteiger partial charge >= 0.3 is 0 Å². The van der Waals surface area contributed by atoms with Gasteiger partial charge in [-0.3, -0.25) is 0 Å². The molecule has 0 heterocycles. The van der Waals surface area contributed by atoms with E-state index in [0.29, 0.717) is 0 Å². The number of hydrogen-bond donors (Lipinski definition) is 2. The maximum atomic E-state index is 3.75. The fourth-order valence-electron chi connectivity index (χ4n) is 0.746. The van der Waals surface area contributed by atoms with Crippen molar-refractivity contribution >= 4 is 0 Å². The Morgan fingerprint density at radius 2 is 2.08 bits per heavy atom. The Bertz CT molecular complexity index is 180. The van der Waals surface area contributed by atoms with Gasteiger partial charge in [0.1, 0.15) is 0 Å². The van der Waals surface area contributed by atoms with Gasteiger partial charge in [-0.2, -0.15) is 0 Å². The predicted molar refractivity (Wildman–Crippen MR) is 54.5 cm³/mol. The highest BCUT2D eigenvalue weighted by molar-refractivity contribution is 4.99. The molecule has 0 aliphatic heterocycles. The second-order valence-corrected chi connectivity index (χ2v) is 2.82. The van der Waals surface area contributed by atoms with Crippen molar-refractivity contribution in [3.8, 4) is 0 Å². The second kappa shape index (κ2) is 6.53. The van der Waals surface area contributed by atoms with Gasteiger partial charge in [0.25, 0.3) is 0 Å². The van der Waals surface area contributed by atoms with E-state index >= 15 is 0 Å². The molecule has 0 aromatic heterocycles. The Labute approximate surface area is 75.1 Å². The van der Waals surface area contributed by atoms with Gasteiger partial charge in [0, 0.05) is 12.2 Å². The lowest BCUT2D eigenvalue weighted by molar-refractivity contribution is 0.781. The Balaban J connectivity index is 3.49. The fraction of sp³-hybridized carbons (Fsp3) is 0.400. The third kappa shape index (κ3) is 6.93. The minimum atomic E-state index is 0.941. The standard InChI is InChI=1S/C10H18N2/c1-5-11-8-10(4)6-7-12-9(2)3/h5,8,11-12H,1-2,6-7H2,3-4H3/b10-8+. The molecule has 0 aliphatic rings. The molecule has 0 aromatic rings. The van der Waals surface area contributed by atoms with E-state index < -0.39 is 0 Å². The van der Waals surface area contributed by atoms with Crippen LogP contribution in [0.4, 0.5) is 0 Å². The van der Waals surface area contributed by atoms with Crippen LogP contribution in [0.25, 0.3) is 0 Å². The normalized spacial score (nSPS) is 10.7. The summed E-state index contributed by atoms with van der Waals surface area (Å²) in [4.78, 5) is 0. The average molecular weight is 166 g/mol. The lowest BCUT2D eigenvalue weighted by Gasteiger charge is -2.04. The zero-order valence-electron chi connectivity index (χ0n) is 7.98. The highest BCUT2D eigenvalue weighted by Crippen LogP contribution is 1.96. The topological polar surface area (TPSA) is 24.1 Å². The van der Waals surface area contributed by atoms with Crippen molar-refractivity contribution in [1.82, 2.24) is 10.6 Å². The third-order valence-electron chi connectivity index (χ3n) is 1.39. The molecular formula is C10H18N2. The molecule has 0 rings (SSSR count). The lowest BCUT2D eigenvalue weighted by atomic mass is 10.2. The van der Waals surface area contributed by atoms with Gasteiger partial charge in [-0.05, 0) is 32.7 Å². The van der Waals surface area contributed by atoms with Crippen LogP contribution >= 0.6 is 0 Å². The van der Waals surface area contributed by atoms with E-state index in [9.17, 15) is 0 Å². The van der Waals surface area contributed by atoms with E-state index in [1.165, 1.54) is 5.57 Å². The van der Waals surface area contributed by atoms with E-state index in [0.717, 1.165) is 18.7 Å². The van der Waals surface area contributed by atoms with E-state index in [2.05, 4.69) is 30.7 Å². The van der Waals surface area contributed by atoms with Crippen molar-refractivity contribution in [2.24, 2.45) is 0 Å². The minimum Gasteiger partial charge on any atom is -0.389 e. The number of rotatable bonds is 6. The molecule has 12 heavy (non-hydrogen) atoms. The second-order valence-electron chi connectivity index (χ2n) is 2.82. The van der Waals surface area contributed by atoms with Crippen LogP contribution < -0.4 is 10.6 Å². The van der Waals surface area contributed by atoms with Gasteiger partial charge < -0.3 is 10.6 Å². The number of allylic oxidation sites excluding steroid dienone is 1. The summed E-state index contributed by atoms with van der Waals surface area (Å²) in [7, 11) is 0. The molecule has 0 amide bonds. The van der Waals surface area contributed by atoms with Crippen LogP contribution in [-0.2, 0) is 0 Å². The number of hydrogen-bond acceptors (Lipinski definition) is 2. The van der Waals surface area contributed by atoms with Crippen LogP contribution in [-0.4, -0.2) is 6.54 Å². The summed E-state index contributed by atoms with van der Waals surface area (Å²) < 4.78 is 0. The van der Waals surface area contributed by atoms with Crippen molar-refractivity contribution in [2.75, 3.05) is 6.54 Å². The minimum absolute atomic E-state index is 0.941. The molecule has 0 bridgehead atoms. The fourth-order valence-corrected chi connectivity index (χ4v) is 0.746. The molecule has 0 saturated carbocycles. The van der Waals surface area contributed by atoms with E-state index in [4.69, 9.17) is 0 Å². The van der Waals surface area contributed by atoms with Crippen LogP contribution in [0.1, 0.15) is 20.3 Å². The highest BCUT2D eigenvalue weighted by atomic mass is 14.9. The molecule has 0 unspecified atom stereocenters. The molecule has 2 nitrogen and oxygen atoms in total. The van der Waals surface area contributed by atoms with E-state index in [1.54, 1.807) is 6.20 Å². The van der Waals surface area contributed by atoms with Crippen LogP contribution in [0.2, 0.25) is 0 Å². The van der Waals surface area contributed by atoms with Crippen molar-refractivity contribution in [2.45, 2.75) is 20.3 Å². The van der Waals surface area contributed by atoms with Gasteiger partial charge in [0.05, 0.1) is 0 Å². The summed E-state index contributed by atoms with van der Waals surface area (Å²) in [6.07, 6.45) is 4.64. The third-order valence-corrected chi connectivity index (χ3v) is 1.39. The lowest BCUT2D eigenvalue weighted by Crippen LogP contribution is -2.12. The molecule has 2 N–H and O–H groups in total. The van der Waals surface area contributed by atoms with Gasteiger partial charge in [-0.15, -0.1) is 0 Å². The summed E-state index contributed by atoms with van der Waals surface area (Å²) in [5.74, 6) is 0. The first-order chi connectivity index (χ1) is 5.66. The van der Waals surface area contributed by atoms with Gasteiger partial charge in [-0.25, -0.2) is 0 Å². The van der Waals surface area contributed by atoms with Gasteiger partial charge in [-0.1, -0.05) is 18.7 Å². The van der Waals surface area contributed by atoms with Crippen LogP contribution in [0, 0.1) is 0 Å². The summed E-state index contributed by atoms with van der Waals surface area (Å²) in [6, 6.07) is 0. The number of nitrogens with one attached hydrogen (secondary N) is 2. The van der Waals surface area contributed by atoms with Crippen molar-refractivity contribution in [3.05, 3.63) is 36.8 Å². The zero-order valence-corrected chi connectivity index (χ0v) is 7.98. The Hall–Kier alpha value is -1.18. The molecule has 0 fully saturated rings. The van der Waals surface area contributed by atoms with Crippen LogP contribution in [0.3, 0.4) is 0 Å². The van der Waals surface area contributed by atoms with Gasteiger partial charge in [0.15, 0.2) is 0 Å². The maximum absolute atomic E-state index is 3.75. The first-order valence-electron chi connectivity index (χ1n) is 4.08. The molecule has 68 valence electrons. The predicted octanol–water partition coefficient (Wildman–Crippen LogP) is 2.14. The van der Waals surface area contributed by atoms with E-state index in [1.807, 2.05) is 13.1 Å². The molecule has 0 radical (unpaired) electrons. The highest BCUT2D eigenvalue weighted by Gasteiger charge is 1.88. The molecule has 0 aromatic carbocycles. The van der Waals surface area contributed by atoms with Crippen LogP contribution in [0.15, 0.2) is 36.8 Å². The first-order valence-corrected chi connectivity index (χ1v) is 4.08. The molecular weight excluding hydrogens is 148 g/mol. The Kier molecular flexibility index (Phi) is 5.88. The Morgan fingerprint density at radius 1 is 1.42 bits per heavy atom. The smallest absolute Gasteiger partial charge is 0.0181 e. The Morgan fingerprint density at radius 3 is 2.58 bits per heavy atom. The summed E-state index contributed by atoms with van der Waals surface area (Å²) in [5, 5.41) is 6.10. The quantitative estimate of drug-likeness (QED) is 0.631. The average Bonchev–Trinajstić information content (AvgIpc) is 2.00. The summed E-state index contributed by atoms with van der Waals surface area (Å²) >= 11 is 0. The first kappa shape index (κ1) is 10.8. The largest absolute Gasteiger partial charge is 0.389 e. The maximum Gasteiger partial charge on any atom is 0.0181 e. The van der Waals surface area contributed by atoms with Crippen LogP contribution in [0.5, 0.6) is 0 Å². The monoisotopic (exact) mass is 166 g/mol. The molecule has 0 spiro atoms. The van der Waals surface area contributed by atoms with Crippen molar-refractivity contribution in [1.29, 1.82) is 0 Å². The summed E-state index contributed by atoms with van der Waals surface area (Å²) in [6.45, 7) is 12.3. The summed E-state index contributed by atoms with van der Waals surface area (Å²) in [5.41, 5.74) is 2.31. The molecule has 2 heteroatoms. The van der Waals surface area contributed by atoms with E-state index in [-0.39, 0.29) is 0 Å². The SMILES string of the molecule is C=CN/C=C(\C)CCNC(=C)C.